The highest BCUT2D eigenvalue weighted by Crippen LogP contribution is 2.56. The van der Waals surface area contributed by atoms with Gasteiger partial charge >= 0.3 is 0 Å². The van der Waals surface area contributed by atoms with E-state index in [0.29, 0.717) is 0 Å². The molecule has 0 atom stereocenters. The Hall–Kier alpha value is -3.26. The van der Waals surface area contributed by atoms with Crippen molar-refractivity contribution >= 4 is 0 Å². The normalized spacial score (nSPS) is 15.7. The first-order valence-electron chi connectivity index (χ1n) is 11.7. The summed E-state index contributed by atoms with van der Waals surface area (Å²) in [5.41, 5.74) is 13.4. The number of aromatic nitrogens is 2. The Labute approximate surface area is 190 Å². The molecule has 1 saturated carbocycles. The lowest BCUT2D eigenvalue weighted by atomic mass is 9.78. The van der Waals surface area contributed by atoms with Gasteiger partial charge in [0.2, 0.25) is 5.69 Å². The van der Waals surface area contributed by atoms with Crippen molar-refractivity contribution in [1.29, 1.82) is 0 Å². The van der Waals surface area contributed by atoms with Crippen LogP contribution >= 0.6 is 0 Å². The molecule has 6 rings (SSSR count). The van der Waals surface area contributed by atoms with Crippen molar-refractivity contribution in [3.63, 3.8) is 0 Å². The van der Waals surface area contributed by atoms with Crippen LogP contribution in [0.5, 0.6) is 0 Å². The minimum atomic E-state index is 0.106. The number of hydrogen-bond donors (Lipinski definition) is 0. The van der Waals surface area contributed by atoms with Crippen molar-refractivity contribution in [2.45, 2.75) is 44.9 Å². The summed E-state index contributed by atoms with van der Waals surface area (Å²) in [6.45, 7) is 4.38. The molecule has 0 aliphatic heterocycles. The third-order valence-corrected chi connectivity index (χ3v) is 7.68. The molecule has 2 heterocycles. The molecule has 0 bridgehead atoms. The zero-order valence-corrected chi connectivity index (χ0v) is 19.2. The van der Waals surface area contributed by atoms with Crippen LogP contribution in [0.3, 0.4) is 0 Å². The predicted molar refractivity (Wildman–Crippen MR) is 130 cm³/mol. The molecule has 0 radical (unpaired) electrons. The molecule has 4 aromatic rings. The molecule has 1 spiro atoms. The third kappa shape index (κ3) is 2.79. The summed E-state index contributed by atoms with van der Waals surface area (Å²) in [5, 5.41) is 0. The lowest BCUT2D eigenvalue weighted by Crippen LogP contribution is -2.31. The van der Waals surface area contributed by atoms with Gasteiger partial charge in [-0.15, -0.1) is 0 Å². The van der Waals surface area contributed by atoms with Crippen LogP contribution in [0.1, 0.15) is 48.1 Å². The van der Waals surface area contributed by atoms with Gasteiger partial charge in [-0.2, -0.15) is 0 Å². The van der Waals surface area contributed by atoms with Crippen LogP contribution in [0.2, 0.25) is 0 Å². The molecule has 0 unspecified atom stereocenters. The highest BCUT2D eigenvalue weighted by molar-refractivity contribution is 5.83. The van der Waals surface area contributed by atoms with Gasteiger partial charge in [0.1, 0.15) is 7.05 Å². The van der Waals surface area contributed by atoms with Gasteiger partial charge in [-0.25, -0.2) is 4.57 Å². The van der Waals surface area contributed by atoms with Crippen molar-refractivity contribution < 1.29 is 4.57 Å². The van der Waals surface area contributed by atoms with E-state index >= 15 is 0 Å². The predicted octanol–water partition coefficient (Wildman–Crippen LogP) is 6.70. The number of hydrogen-bond acceptors (Lipinski definition) is 1. The van der Waals surface area contributed by atoms with Crippen LogP contribution in [0.25, 0.3) is 33.5 Å². The number of aryl methyl sites for hydroxylation is 3. The minimum absolute atomic E-state index is 0.106. The van der Waals surface area contributed by atoms with Crippen LogP contribution in [0.4, 0.5) is 0 Å². The average molecular weight is 418 g/mol. The van der Waals surface area contributed by atoms with Crippen LogP contribution < -0.4 is 4.57 Å². The van der Waals surface area contributed by atoms with E-state index in [4.69, 9.17) is 4.98 Å². The summed E-state index contributed by atoms with van der Waals surface area (Å²) in [4.78, 5) is 4.91. The summed E-state index contributed by atoms with van der Waals surface area (Å²) < 4.78 is 2.28. The molecule has 2 aromatic heterocycles. The number of rotatable bonds is 2. The van der Waals surface area contributed by atoms with Crippen LogP contribution in [-0.2, 0) is 12.5 Å². The summed E-state index contributed by atoms with van der Waals surface area (Å²) >= 11 is 0. The second-order valence-electron chi connectivity index (χ2n) is 9.68. The quantitative estimate of drug-likeness (QED) is 0.332. The SMILES string of the molecule is Cc1ccc(-c2ccc(-c3cc4c(cc3C)-c3cccnc3C43CCCC3)[n+](C)c2)cc1. The summed E-state index contributed by atoms with van der Waals surface area (Å²) in [5.74, 6) is 0. The van der Waals surface area contributed by atoms with E-state index in [2.05, 4.69) is 92.3 Å². The van der Waals surface area contributed by atoms with E-state index in [9.17, 15) is 0 Å². The molecular weight excluding hydrogens is 388 g/mol. The van der Waals surface area contributed by atoms with Crippen LogP contribution in [0, 0.1) is 13.8 Å². The van der Waals surface area contributed by atoms with E-state index in [-0.39, 0.29) is 5.41 Å². The largest absolute Gasteiger partial charge is 0.260 e. The lowest BCUT2D eigenvalue weighted by Gasteiger charge is -2.25. The van der Waals surface area contributed by atoms with Crippen molar-refractivity contribution in [2.24, 2.45) is 7.05 Å². The molecule has 32 heavy (non-hydrogen) atoms. The first-order valence-corrected chi connectivity index (χ1v) is 11.7. The molecule has 1 fully saturated rings. The molecule has 158 valence electrons. The van der Waals surface area contributed by atoms with Crippen LogP contribution in [-0.4, -0.2) is 4.98 Å². The maximum atomic E-state index is 4.91. The van der Waals surface area contributed by atoms with Gasteiger partial charge in [0, 0.05) is 34.4 Å². The molecule has 2 aliphatic rings. The van der Waals surface area contributed by atoms with Gasteiger partial charge < -0.3 is 0 Å². The minimum Gasteiger partial charge on any atom is -0.260 e. The number of fused-ring (bicyclic) bond motifs is 5. The van der Waals surface area contributed by atoms with Crippen molar-refractivity contribution in [3.8, 4) is 33.5 Å². The maximum Gasteiger partial charge on any atom is 0.212 e. The van der Waals surface area contributed by atoms with Gasteiger partial charge in [-0.3, -0.25) is 4.98 Å². The first-order chi connectivity index (χ1) is 15.6. The molecule has 0 amide bonds. The zero-order valence-electron chi connectivity index (χ0n) is 19.2. The summed E-state index contributed by atoms with van der Waals surface area (Å²) in [7, 11) is 2.17. The second kappa shape index (κ2) is 7.13. The summed E-state index contributed by atoms with van der Waals surface area (Å²) in [6, 6.07) is 22.6. The Kier molecular flexibility index (Phi) is 4.33. The highest BCUT2D eigenvalue weighted by atomic mass is 14.9. The smallest absolute Gasteiger partial charge is 0.212 e. The summed E-state index contributed by atoms with van der Waals surface area (Å²) in [6.07, 6.45) is 9.24. The molecule has 2 aromatic carbocycles. The van der Waals surface area contributed by atoms with Gasteiger partial charge in [0.15, 0.2) is 6.20 Å². The fraction of sp³-hybridized carbons (Fsp3) is 0.267. The Morgan fingerprint density at radius 2 is 1.56 bits per heavy atom. The standard InChI is InChI=1S/C30H29N2/c1-20-8-10-22(11-9-20)23-12-13-28(32(3)19-23)25-18-27-26(17-21(25)2)24-7-6-16-31-29(24)30(27)14-4-5-15-30/h6-13,16-19H,4-5,14-15H2,1-3H3/q+1. The third-order valence-electron chi connectivity index (χ3n) is 7.68. The van der Waals surface area contributed by atoms with Gasteiger partial charge in [-0.05, 0) is 67.1 Å². The van der Waals surface area contributed by atoms with E-state index < -0.39 is 0 Å². The van der Waals surface area contributed by atoms with Gasteiger partial charge in [0.25, 0.3) is 0 Å². The second-order valence-corrected chi connectivity index (χ2v) is 9.68. The zero-order chi connectivity index (χ0) is 21.9. The van der Waals surface area contributed by atoms with Crippen molar-refractivity contribution in [1.82, 2.24) is 4.98 Å². The Balaban J connectivity index is 1.49. The topological polar surface area (TPSA) is 16.8 Å². The van der Waals surface area contributed by atoms with Gasteiger partial charge in [0.05, 0.1) is 5.69 Å². The number of pyridine rings is 2. The molecule has 2 nitrogen and oxygen atoms in total. The number of benzene rings is 2. The van der Waals surface area contributed by atoms with Crippen molar-refractivity contribution in [2.75, 3.05) is 0 Å². The van der Waals surface area contributed by atoms with Crippen molar-refractivity contribution in [3.05, 3.63) is 95.4 Å². The highest BCUT2D eigenvalue weighted by Gasteiger charge is 2.46. The number of nitrogens with zero attached hydrogens (tertiary/aromatic N) is 2. The van der Waals surface area contributed by atoms with E-state index in [1.165, 1.54) is 81.6 Å². The van der Waals surface area contributed by atoms with E-state index in [1.807, 2.05) is 6.20 Å². The fourth-order valence-electron chi connectivity index (χ4n) is 6.02. The van der Waals surface area contributed by atoms with E-state index in [1.54, 1.807) is 0 Å². The molecule has 0 saturated heterocycles. The lowest BCUT2D eigenvalue weighted by molar-refractivity contribution is -0.659. The Bertz CT molecular complexity index is 1340. The first kappa shape index (κ1) is 19.4. The molecule has 2 heteroatoms. The van der Waals surface area contributed by atoms with Crippen LogP contribution in [0.15, 0.2) is 73.1 Å². The Morgan fingerprint density at radius 1 is 0.812 bits per heavy atom. The maximum absolute atomic E-state index is 4.91. The molecular formula is C30H29N2+. The molecule has 0 N–H and O–H groups in total. The van der Waals surface area contributed by atoms with E-state index in [0.717, 1.165) is 0 Å². The average Bonchev–Trinajstić information content (AvgIpc) is 3.39. The van der Waals surface area contributed by atoms with Gasteiger partial charge in [-0.1, -0.05) is 54.8 Å². The fourth-order valence-corrected chi connectivity index (χ4v) is 6.02. The Morgan fingerprint density at radius 3 is 2.31 bits per heavy atom. The monoisotopic (exact) mass is 417 g/mol. The molecule has 2 aliphatic carbocycles.